The number of amides is 1. The Balaban J connectivity index is 2.11. The molecule has 1 aliphatic carbocycles. The van der Waals surface area contributed by atoms with Crippen molar-refractivity contribution in [3.63, 3.8) is 0 Å². The van der Waals surface area contributed by atoms with Crippen molar-refractivity contribution in [3.05, 3.63) is 23.8 Å². The predicted molar refractivity (Wildman–Crippen MR) is 63.7 cm³/mol. The fraction of sp³-hybridized carbons (Fsp3) is 0.333. The summed E-state index contributed by atoms with van der Waals surface area (Å²) in [4.78, 5) is 22.4. The molecule has 2 atom stereocenters. The molecule has 2 rings (SSSR count). The van der Waals surface area contributed by atoms with Gasteiger partial charge in [0.1, 0.15) is 0 Å². The van der Waals surface area contributed by atoms with Crippen LogP contribution < -0.4 is 11.1 Å². The molecule has 0 aromatic heterocycles. The Hall–Kier alpha value is -2.04. The maximum absolute atomic E-state index is 11.7. The van der Waals surface area contributed by atoms with Gasteiger partial charge in [0.2, 0.25) is 5.91 Å². The summed E-state index contributed by atoms with van der Waals surface area (Å²) in [6.07, 6.45) is 0.902. The molecule has 5 nitrogen and oxygen atoms in total. The van der Waals surface area contributed by atoms with Crippen LogP contribution in [0.1, 0.15) is 23.7 Å². The Bertz CT molecular complexity index is 485. The second kappa shape index (κ2) is 4.08. The molecule has 0 heterocycles. The fourth-order valence-corrected chi connectivity index (χ4v) is 1.72. The van der Waals surface area contributed by atoms with Crippen LogP contribution in [0, 0.1) is 11.8 Å². The molecule has 2 unspecified atom stereocenters. The van der Waals surface area contributed by atoms with Gasteiger partial charge in [-0.3, -0.25) is 4.79 Å². The molecule has 1 aromatic rings. The number of rotatable bonds is 3. The van der Waals surface area contributed by atoms with Crippen molar-refractivity contribution in [2.75, 3.05) is 11.1 Å². The molecule has 4 N–H and O–H groups in total. The maximum atomic E-state index is 11.7. The Labute approximate surface area is 98.6 Å². The van der Waals surface area contributed by atoms with Crippen molar-refractivity contribution in [1.82, 2.24) is 0 Å². The van der Waals surface area contributed by atoms with Gasteiger partial charge in [0.15, 0.2) is 0 Å². The molecule has 0 saturated heterocycles. The number of nitrogens with one attached hydrogen (secondary N) is 1. The lowest BCUT2D eigenvalue weighted by Gasteiger charge is -2.08. The van der Waals surface area contributed by atoms with E-state index in [1.165, 1.54) is 18.2 Å². The van der Waals surface area contributed by atoms with Crippen molar-refractivity contribution < 1.29 is 14.7 Å². The highest BCUT2D eigenvalue weighted by Crippen LogP contribution is 2.38. The maximum Gasteiger partial charge on any atom is 0.335 e. The van der Waals surface area contributed by atoms with E-state index >= 15 is 0 Å². The smallest absolute Gasteiger partial charge is 0.335 e. The van der Waals surface area contributed by atoms with Crippen LogP contribution >= 0.6 is 0 Å². The number of carboxylic acid groups (broad SMARTS) is 1. The molecule has 1 fully saturated rings. The number of nitrogen functional groups attached to an aromatic ring is 1. The molecule has 0 aliphatic heterocycles. The summed E-state index contributed by atoms with van der Waals surface area (Å²) in [5.41, 5.74) is 6.54. The number of carboxylic acids is 1. The average molecular weight is 234 g/mol. The fourth-order valence-electron chi connectivity index (χ4n) is 1.72. The average Bonchev–Trinajstić information content (AvgIpc) is 2.98. The predicted octanol–water partition coefficient (Wildman–Crippen LogP) is 1.56. The molecular formula is C12H14N2O3. The van der Waals surface area contributed by atoms with Crippen molar-refractivity contribution in [2.24, 2.45) is 11.8 Å². The molecule has 1 aliphatic rings. The van der Waals surface area contributed by atoms with E-state index in [0.717, 1.165) is 6.42 Å². The Morgan fingerprint density at radius 2 is 2.12 bits per heavy atom. The zero-order valence-electron chi connectivity index (χ0n) is 9.43. The summed E-state index contributed by atoms with van der Waals surface area (Å²) in [6, 6.07) is 4.28. The van der Waals surface area contributed by atoms with Gasteiger partial charge < -0.3 is 16.2 Å². The van der Waals surface area contributed by atoms with Crippen molar-refractivity contribution in [2.45, 2.75) is 13.3 Å². The molecule has 0 bridgehead atoms. The van der Waals surface area contributed by atoms with E-state index in [1.54, 1.807) is 0 Å². The number of hydrogen-bond acceptors (Lipinski definition) is 3. The minimum absolute atomic E-state index is 0.0488. The quantitative estimate of drug-likeness (QED) is 0.692. The lowest BCUT2D eigenvalue weighted by Crippen LogP contribution is -2.15. The number of anilines is 2. The summed E-state index contributed by atoms with van der Waals surface area (Å²) >= 11 is 0. The Morgan fingerprint density at radius 3 is 2.59 bits per heavy atom. The first-order valence-corrected chi connectivity index (χ1v) is 5.42. The van der Waals surface area contributed by atoms with Gasteiger partial charge in [-0.25, -0.2) is 4.79 Å². The number of nitrogens with two attached hydrogens (primary N) is 1. The van der Waals surface area contributed by atoms with E-state index in [1.807, 2.05) is 6.92 Å². The summed E-state index contributed by atoms with van der Waals surface area (Å²) in [5.74, 6) is -0.597. The third-order valence-corrected chi connectivity index (χ3v) is 3.00. The van der Waals surface area contributed by atoms with E-state index in [9.17, 15) is 9.59 Å². The van der Waals surface area contributed by atoms with Gasteiger partial charge in [0.05, 0.1) is 16.9 Å². The minimum atomic E-state index is -1.04. The largest absolute Gasteiger partial charge is 0.478 e. The lowest BCUT2D eigenvalue weighted by molar-refractivity contribution is -0.117. The van der Waals surface area contributed by atoms with Gasteiger partial charge >= 0.3 is 5.97 Å². The van der Waals surface area contributed by atoms with Crippen LogP contribution in [-0.4, -0.2) is 17.0 Å². The van der Waals surface area contributed by atoms with Gasteiger partial charge in [0.25, 0.3) is 0 Å². The van der Waals surface area contributed by atoms with Gasteiger partial charge in [-0.05, 0) is 30.5 Å². The normalized spacial score (nSPS) is 21.9. The van der Waals surface area contributed by atoms with Gasteiger partial charge in [-0.1, -0.05) is 6.92 Å². The lowest BCUT2D eigenvalue weighted by atomic mass is 10.1. The second-order valence-electron chi connectivity index (χ2n) is 4.42. The first-order chi connectivity index (χ1) is 7.99. The molecule has 90 valence electrons. The highest BCUT2D eigenvalue weighted by Gasteiger charge is 2.39. The van der Waals surface area contributed by atoms with Crippen LogP contribution in [0.4, 0.5) is 11.4 Å². The van der Waals surface area contributed by atoms with Crippen LogP contribution in [0.2, 0.25) is 0 Å². The zero-order valence-corrected chi connectivity index (χ0v) is 9.43. The number of aromatic carboxylic acids is 1. The summed E-state index contributed by atoms with van der Waals surface area (Å²) in [6.45, 7) is 2.02. The second-order valence-corrected chi connectivity index (χ2v) is 4.42. The monoisotopic (exact) mass is 234 g/mol. The highest BCUT2D eigenvalue weighted by atomic mass is 16.4. The van der Waals surface area contributed by atoms with E-state index in [4.69, 9.17) is 10.8 Å². The number of carbonyl (C=O) groups is 2. The van der Waals surface area contributed by atoms with Crippen LogP contribution in [-0.2, 0) is 4.79 Å². The minimum Gasteiger partial charge on any atom is -0.478 e. The van der Waals surface area contributed by atoms with E-state index < -0.39 is 5.97 Å². The van der Waals surface area contributed by atoms with Gasteiger partial charge in [0, 0.05) is 5.92 Å². The topological polar surface area (TPSA) is 92.4 Å². The molecular weight excluding hydrogens is 220 g/mol. The standard InChI is InChI=1S/C12H14N2O3/c1-6-4-8(6)11(15)14-10-3-2-7(12(16)17)5-9(10)13/h2-3,5-6,8H,4,13H2,1H3,(H,14,15)(H,16,17). The van der Waals surface area contributed by atoms with Crippen molar-refractivity contribution in [1.29, 1.82) is 0 Å². The number of benzene rings is 1. The molecule has 5 heteroatoms. The SMILES string of the molecule is CC1CC1C(=O)Nc1ccc(C(=O)O)cc1N. The number of hydrogen-bond donors (Lipinski definition) is 3. The molecule has 17 heavy (non-hydrogen) atoms. The molecule has 1 aromatic carbocycles. The number of carbonyl (C=O) groups excluding carboxylic acids is 1. The van der Waals surface area contributed by atoms with Crippen molar-refractivity contribution >= 4 is 23.3 Å². The molecule has 1 amide bonds. The summed E-state index contributed by atoms with van der Waals surface area (Å²) in [5, 5.41) is 11.5. The molecule has 1 saturated carbocycles. The molecule has 0 radical (unpaired) electrons. The van der Waals surface area contributed by atoms with Crippen LogP contribution in [0.5, 0.6) is 0 Å². The third kappa shape index (κ3) is 2.38. The van der Waals surface area contributed by atoms with Crippen molar-refractivity contribution in [3.8, 4) is 0 Å². The summed E-state index contributed by atoms with van der Waals surface area (Å²) < 4.78 is 0. The van der Waals surface area contributed by atoms with Crippen LogP contribution in [0.25, 0.3) is 0 Å². The van der Waals surface area contributed by atoms with E-state index in [-0.39, 0.29) is 23.1 Å². The van der Waals surface area contributed by atoms with E-state index in [2.05, 4.69) is 5.32 Å². The highest BCUT2D eigenvalue weighted by molar-refractivity contribution is 5.98. The van der Waals surface area contributed by atoms with Crippen LogP contribution in [0.3, 0.4) is 0 Å². The van der Waals surface area contributed by atoms with Crippen LogP contribution in [0.15, 0.2) is 18.2 Å². The van der Waals surface area contributed by atoms with Gasteiger partial charge in [-0.2, -0.15) is 0 Å². The third-order valence-electron chi connectivity index (χ3n) is 3.00. The first kappa shape index (κ1) is 11.4. The molecule has 0 spiro atoms. The summed E-state index contributed by atoms with van der Waals surface area (Å²) in [7, 11) is 0. The Kier molecular flexibility index (Phi) is 2.75. The van der Waals surface area contributed by atoms with E-state index in [0.29, 0.717) is 11.6 Å². The Morgan fingerprint density at radius 1 is 1.47 bits per heavy atom. The first-order valence-electron chi connectivity index (χ1n) is 5.42. The zero-order chi connectivity index (χ0) is 12.6. The van der Waals surface area contributed by atoms with Gasteiger partial charge in [-0.15, -0.1) is 0 Å².